The molecule has 0 radical (unpaired) electrons. The summed E-state index contributed by atoms with van der Waals surface area (Å²) in [6, 6.07) is 21.3. The van der Waals surface area contributed by atoms with E-state index in [-0.39, 0.29) is 5.38 Å². The molecule has 3 heteroatoms. The van der Waals surface area contributed by atoms with Crippen LogP contribution in [-0.2, 0) is 13.1 Å². The standard InChI is InChI=1S/C19H24ClNS/c1-22-13-12-19(20)16-21(14-17-8-4-2-5-9-17)15-18-10-6-3-7-11-18/h2-11,19H,12-16H2,1H3/t19-/m1/s1. The van der Waals surface area contributed by atoms with E-state index in [1.54, 1.807) is 0 Å². The van der Waals surface area contributed by atoms with Crippen molar-refractivity contribution in [1.82, 2.24) is 4.90 Å². The first-order chi connectivity index (χ1) is 10.8. The van der Waals surface area contributed by atoms with Gasteiger partial charge in [0.2, 0.25) is 0 Å². The average molecular weight is 334 g/mol. The Kier molecular flexibility index (Phi) is 7.86. The molecule has 0 unspecified atom stereocenters. The second-order valence-corrected chi connectivity index (χ2v) is 7.12. The molecule has 0 aliphatic heterocycles. The molecule has 1 atom stereocenters. The van der Waals surface area contributed by atoms with E-state index in [1.807, 2.05) is 11.8 Å². The van der Waals surface area contributed by atoms with Gasteiger partial charge in [-0.2, -0.15) is 11.8 Å². The molecule has 0 aromatic heterocycles. The van der Waals surface area contributed by atoms with Crippen LogP contribution in [0, 0.1) is 0 Å². The number of alkyl halides is 1. The number of halogens is 1. The normalized spacial score (nSPS) is 12.5. The molecule has 0 heterocycles. The Morgan fingerprint density at radius 2 is 1.41 bits per heavy atom. The summed E-state index contributed by atoms with van der Waals surface area (Å²) in [7, 11) is 0. The van der Waals surface area contributed by atoms with Gasteiger partial charge < -0.3 is 0 Å². The van der Waals surface area contributed by atoms with E-state index in [0.717, 1.165) is 31.8 Å². The summed E-state index contributed by atoms with van der Waals surface area (Å²) < 4.78 is 0. The first-order valence-corrected chi connectivity index (χ1v) is 9.54. The maximum absolute atomic E-state index is 6.53. The molecule has 118 valence electrons. The van der Waals surface area contributed by atoms with Crippen LogP contribution in [0.2, 0.25) is 0 Å². The quantitative estimate of drug-likeness (QED) is 0.591. The van der Waals surface area contributed by atoms with Crippen molar-refractivity contribution in [2.24, 2.45) is 0 Å². The van der Waals surface area contributed by atoms with Gasteiger partial charge in [0.1, 0.15) is 0 Å². The number of thioether (sulfide) groups is 1. The smallest absolute Gasteiger partial charge is 0.0471 e. The van der Waals surface area contributed by atoms with Gasteiger partial charge >= 0.3 is 0 Å². The monoisotopic (exact) mass is 333 g/mol. The molecular weight excluding hydrogens is 310 g/mol. The zero-order valence-corrected chi connectivity index (χ0v) is 14.7. The largest absolute Gasteiger partial charge is 0.293 e. The highest BCUT2D eigenvalue weighted by Crippen LogP contribution is 2.15. The second kappa shape index (κ2) is 9.94. The van der Waals surface area contributed by atoms with Crippen LogP contribution in [0.4, 0.5) is 0 Å². The highest BCUT2D eigenvalue weighted by atomic mass is 35.5. The van der Waals surface area contributed by atoms with Crippen molar-refractivity contribution >= 4 is 23.4 Å². The van der Waals surface area contributed by atoms with E-state index < -0.39 is 0 Å². The Morgan fingerprint density at radius 1 is 0.909 bits per heavy atom. The predicted octanol–water partition coefficient (Wildman–Crippen LogP) is 5.05. The van der Waals surface area contributed by atoms with Crippen molar-refractivity contribution in [1.29, 1.82) is 0 Å². The second-order valence-electron chi connectivity index (χ2n) is 5.52. The maximum Gasteiger partial charge on any atom is 0.0471 e. The number of hydrogen-bond acceptors (Lipinski definition) is 2. The third-order valence-electron chi connectivity index (χ3n) is 3.59. The van der Waals surface area contributed by atoms with Crippen LogP contribution in [-0.4, -0.2) is 28.8 Å². The van der Waals surface area contributed by atoms with Crippen LogP contribution < -0.4 is 0 Å². The van der Waals surface area contributed by atoms with Crippen molar-refractivity contribution in [3.05, 3.63) is 71.8 Å². The molecule has 0 aliphatic carbocycles. The highest BCUT2D eigenvalue weighted by Gasteiger charge is 2.13. The van der Waals surface area contributed by atoms with Crippen molar-refractivity contribution in [2.75, 3.05) is 18.6 Å². The van der Waals surface area contributed by atoms with Gasteiger partial charge in [0.15, 0.2) is 0 Å². The zero-order chi connectivity index (χ0) is 15.6. The van der Waals surface area contributed by atoms with E-state index in [4.69, 9.17) is 11.6 Å². The molecule has 2 aromatic rings. The molecule has 0 saturated heterocycles. The number of benzene rings is 2. The van der Waals surface area contributed by atoms with Gasteiger partial charge in [0, 0.05) is 25.0 Å². The SMILES string of the molecule is CSCC[C@@H](Cl)CN(Cc1ccccc1)Cc1ccccc1. The zero-order valence-electron chi connectivity index (χ0n) is 13.1. The lowest BCUT2D eigenvalue weighted by molar-refractivity contribution is 0.255. The fraction of sp³-hybridized carbons (Fsp3) is 0.368. The molecule has 0 aliphatic rings. The summed E-state index contributed by atoms with van der Waals surface area (Å²) in [5, 5.41) is 0.208. The molecule has 2 rings (SSSR count). The van der Waals surface area contributed by atoms with Gasteiger partial charge in [-0.1, -0.05) is 60.7 Å². The fourth-order valence-corrected chi connectivity index (χ4v) is 3.44. The lowest BCUT2D eigenvalue weighted by Crippen LogP contribution is -2.29. The van der Waals surface area contributed by atoms with Gasteiger partial charge in [-0.25, -0.2) is 0 Å². The number of rotatable bonds is 9. The van der Waals surface area contributed by atoms with Gasteiger partial charge in [-0.3, -0.25) is 4.90 Å². The highest BCUT2D eigenvalue weighted by molar-refractivity contribution is 7.98. The Morgan fingerprint density at radius 3 is 1.86 bits per heavy atom. The van der Waals surface area contributed by atoms with Gasteiger partial charge in [0.05, 0.1) is 0 Å². The van der Waals surface area contributed by atoms with Crippen molar-refractivity contribution < 1.29 is 0 Å². The summed E-state index contributed by atoms with van der Waals surface area (Å²) in [4.78, 5) is 2.45. The average Bonchev–Trinajstić information content (AvgIpc) is 2.55. The maximum atomic E-state index is 6.53. The topological polar surface area (TPSA) is 3.24 Å². The van der Waals surface area contributed by atoms with E-state index in [2.05, 4.69) is 71.8 Å². The Balaban J connectivity index is 1.99. The van der Waals surface area contributed by atoms with Crippen LogP contribution in [0.5, 0.6) is 0 Å². The molecule has 2 aromatic carbocycles. The van der Waals surface area contributed by atoms with E-state index >= 15 is 0 Å². The molecule has 0 amide bonds. The Bertz CT molecular complexity index is 476. The van der Waals surface area contributed by atoms with Gasteiger partial charge in [-0.05, 0) is 29.6 Å². The van der Waals surface area contributed by atoms with Crippen molar-refractivity contribution in [2.45, 2.75) is 24.9 Å². The molecular formula is C19H24ClNS. The van der Waals surface area contributed by atoms with Crippen LogP contribution in [0.15, 0.2) is 60.7 Å². The third kappa shape index (κ3) is 6.43. The third-order valence-corrected chi connectivity index (χ3v) is 4.59. The molecule has 0 fully saturated rings. The Labute approximate surface area is 143 Å². The Hall–Kier alpha value is -0.960. The summed E-state index contributed by atoms with van der Waals surface area (Å²) in [5.74, 6) is 1.12. The lowest BCUT2D eigenvalue weighted by atomic mass is 10.1. The minimum absolute atomic E-state index is 0.208. The van der Waals surface area contributed by atoms with Gasteiger partial charge in [0.25, 0.3) is 0 Å². The summed E-state index contributed by atoms with van der Waals surface area (Å²) in [6.45, 7) is 2.81. The van der Waals surface area contributed by atoms with Crippen LogP contribution in [0.1, 0.15) is 17.5 Å². The van der Waals surface area contributed by atoms with Crippen molar-refractivity contribution in [3.8, 4) is 0 Å². The lowest BCUT2D eigenvalue weighted by Gasteiger charge is -2.25. The minimum atomic E-state index is 0.208. The van der Waals surface area contributed by atoms with E-state index in [1.165, 1.54) is 11.1 Å². The number of hydrogen-bond donors (Lipinski definition) is 0. The molecule has 0 spiro atoms. The first kappa shape index (κ1) is 17.4. The number of nitrogens with zero attached hydrogens (tertiary/aromatic N) is 1. The minimum Gasteiger partial charge on any atom is -0.293 e. The summed E-state index contributed by atoms with van der Waals surface area (Å²) >= 11 is 8.39. The molecule has 0 bridgehead atoms. The van der Waals surface area contributed by atoms with Crippen LogP contribution in [0.25, 0.3) is 0 Å². The van der Waals surface area contributed by atoms with E-state index in [9.17, 15) is 0 Å². The summed E-state index contributed by atoms with van der Waals surface area (Å²) in [5.41, 5.74) is 2.68. The molecule has 22 heavy (non-hydrogen) atoms. The van der Waals surface area contributed by atoms with Crippen LogP contribution >= 0.6 is 23.4 Å². The van der Waals surface area contributed by atoms with Crippen molar-refractivity contribution in [3.63, 3.8) is 0 Å². The van der Waals surface area contributed by atoms with Gasteiger partial charge in [-0.15, -0.1) is 11.6 Å². The summed E-state index contributed by atoms with van der Waals surface area (Å²) in [6.07, 6.45) is 3.19. The first-order valence-electron chi connectivity index (χ1n) is 7.71. The molecule has 0 saturated carbocycles. The fourth-order valence-electron chi connectivity index (χ4n) is 2.49. The molecule has 0 N–H and O–H groups in total. The van der Waals surface area contributed by atoms with Crippen LogP contribution in [0.3, 0.4) is 0 Å². The van der Waals surface area contributed by atoms with E-state index in [0.29, 0.717) is 0 Å². The molecule has 1 nitrogen and oxygen atoms in total. The predicted molar refractivity (Wildman–Crippen MR) is 99.6 cm³/mol.